The van der Waals surface area contributed by atoms with Crippen molar-refractivity contribution in [3.05, 3.63) is 0 Å². The molecule has 0 spiro atoms. The van der Waals surface area contributed by atoms with E-state index in [1.807, 2.05) is 13.8 Å². The Hall–Kier alpha value is -1.30. The summed E-state index contributed by atoms with van der Waals surface area (Å²) >= 11 is 0. The first-order valence-corrected chi connectivity index (χ1v) is 6.69. The Morgan fingerprint density at radius 3 is 2.79 bits per heavy atom. The molecule has 1 rings (SSSR count). The molecule has 1 fully saturated rings. The molecule has 2 atom stereocenters. The van der Waals surface area contributed by atoms with E-state index in [1.54, 1.807) is 12.0 Å². The number of rotatable bonds is 5. The number of hydrogen-bond donors (Lipinski definition) is 2. The fraction of sp³-hybridized carbons (Fsp3) is 0.846. The highest BCUT2D eigenvalue weighted by molar-refractivity contribution is 5.75. The number of ether oxygens (including phenoxy) is 1. The molecule has 0 aromatic heterocycles. The lowest BCUT2D eigenvalue weighted by molar-refractivity contribution is -0.137. The number of amides is 2. The molecule has 0 aromatic carbocycles. The van der Waals surface area contributed by atoms with Gasteiger partial charge in [-0.3, -0.25) is 4.79 Å². The molecule has 1 saturated heterocycles. The molecule has 110 valence electrons. The van der Waals surface area contributed by atoms with Gasteiger partial charge in [0, 0.05) is 26.1 Å². The van der Waals surface area contributed by atoms with Gasteiger partial charge in [0.15, 0.2) is 0 Å². The van der Waals surface area contributed by atoms with E-state index in [0.29, 0.717) is 13.0 Å². The number of carbonyl (C=O) groups excluding carboxylic acids is 1. The SMILES string of the molecule is COC1(C)CCCN(C(=O)NC(C)CCC(=O)O)C1. The van der Waals surface area contributed by atoms with E-state index in [1.165, 1.54) is 0 Å². The maximum Gasteiger partial charge on any atom is 0.317 e. The second-order valence-electron chi connectivity index (χ2n) is 5.46. The summed E-state index contributed by atoms with van der Waals surface area (Å²) in [5.74, 6) is -0.842. The molecule has 0 radical (unpaired) electrons. The summed E-state index contributed by atoms with van der Waals surface area (Å²) in [5, 5.41) is 11.4. The molecule has 6 heteroatoms. The summed E-state index contributed by atoms with van der Waals surface area (Å²) in [6, 6.07) is -0.278. The molecule has 1 aliphatic heterocycles. The van der Waals surface area contributed by atoms with Crippen LogP contribution in [0.25, 0.3) is 0 Å². The van der Waals surface area contributed by atoms with E-state index < -0.39 is 5.97 Å². The van der Waals surface area contributed by atoms with Gasteiger partial charge in [0.25, 0.3) is 0 Å². The number of carboxylic acids is 1. The Morgan fingerprint density at radius 1 is 1.53 bits per heavy atom. The van der Waals surface area contributed by atoms with Gasteiger partial charge in [0.05, 0.1) is 12.1 Å². The summed E-state index contributed by atoms with van der Waals surface area (Å²) in [6.45, 7) is 5.11. The lowest BCUT2D eigenvalue weighted by atomic mass is 9.95. The molecule has 1 heterocycles. The Labute approximate surface area is 114 Å². The summed E-state index contributed by atoms with van der Waals surface area (Å²) in [7, 11) is 1.66. The van der Waals surface area contributed by atoms with Crippen LogP contribution in [0.2, 0.25) is 0 Å². The predicted octanol–water partition coefficient (Wildman–Crippen LogP) is 1.45. The van der Waals surface area contributed by atoms with Gasteiger partial charge in [-0.05, 0) is 33.1 Å². The smallest absolute Gasteiger partial charge is 0.317 e. The van der Waals surface area contributed by atoms with Crippen LogP contribution in [0.3, 0.4) is 0 Å². The number of nitrogens with one attached hydrogen (secondary N) is 1. The standard InChI is InChI=1S/C13H24N2O4/c1-10(5-6-11(16)17)14-12(18)15-8-4-7-13(2,9-15)19-3/h10H,4-9H2,1-3H3,(H,14,18)(H,16,17). The Morgan fingerprint density at radius 2 is 2.21 bits per heavy atom. The summed E-state index contributed by atoms with van der Waals surface area (Å²) in [4.78, 5) is 24.3. The molecule has 2 amide bonds. The van der Waals surface area contributed by atoms with Crippen molar-refractivity contribution in [2.45, 2.75) is 51.2 Å². The Balaban J connectivity index is 2.42. The van der Waals surface area contributed by atoms with E-state index >= 15 is 0 Å². The molecule has 0 aromatic rings. The number of nitrogens with zero attached hydrogens (tertiary/aromatic N) is 1. The lowest BCUT2D eigenvalue weighted by Gasteiger charge is -2.39. The first-order valence-electron chi connectivity index (χ1n) is 6.69. The summed E-state index contributed by atoms with van der Waals surface area (Å²) in [6.07, 6.45) is 2.37. The van der Waals surface area contributed by atoms with Crippen molar-refractivity contribution in [1.82, 2.24) is 10.2 Å². The van der Waals surface area contributed by atoms with Gasteiger partial charge in [-0.2, -0.15) is 0 Å². The third-order valence-corrected chi connectivity index (χ3v) is 3.60. The van der Waals surface area contributed by atoms with Crippen molar-refractivity contribution in [3.63, 3.8) is 0 Å². The van der Waals surface area contributed by atoms with Crippen molar-refractivity contribution in [1.29, 1.82) is 0 Å². The number of carbonyl (C=O) groups is 2. The van der Waals surface area contributed by atoms with Crippen LogP contribution in [0.15, 0.2) is 0 Å². The van der Waals surface area contributed by atoms with Gasteiger partial charge in [-0.15, -0.1) is 0 Å². The largest absolute Gasteiger partial charge is 0.481 e. The molecule has 2 unspecified atom stereocenters. The zero-order valence-electron chi connectivity index (χ0n) is 11.9. The zero-order valence-corrected chi connectivity index (χ0v) is 11.9. The number of likely N-dealkylation sites (tertiary alicyclic amines) is 1. The Kier molecular flexibility index (Phi) is 5.60. The summed E-state index contributed by atoms with van der Waals surface area (Å²) in [5.41, 5.74) is -0.278. The first-order chi connectivity index (χ1) is 8.86. The number of hydrogen-bond acceptors (Lipinski definition) is 3. The lowest BCUT2D eigenvalue weighted by Crippen LogP contribution is -2.53. The number of aliphatic carboxylic acids is 1. The maximum atomic E-state index is 12.1. The molecule has 6 nitrogen and oxygen atoms in total. The van der Waals surface area contributed by atoms with Gasteiger partial charge < -0.3 is 20.1 Å². The fourth-order valence-corrected chi connectivity index (χ4v) is 2.26. The van der Waals surface area contributed by atoms with Crippen LogP contribution in [0.4, 0.5) is 4.79 Å². The van der Waals surface area contributed by atoms with Crippen molar-refractivity contribution in [2.24, 2.45) is 0 Å². The minimum Gasteiger partial charge on any atom is -0.481 e. The number of methoxy groups -OCH3 is 1. The molecule has 0 saturated carbocycles. The molecule has 0 aliphatic carbocycles. The van der Waals surface area contributed by atoms with Crippen LogP contribution in [0.1, 0.15) is 39.5 Å². The minimum absolute atomic E-state index is 0.0667. The van der Waals surface area contributed by atoms with E-state index in [9.17, 15) is 9.59 Å². The van der Waals surface area contributed by atoms with Crippen LogP contribution in [-0.2, 0) is 9.53 Å². The zero-order chi connectivity index (χ0) is 14.5. The maximum absolute atomic E-state index is 12.1. The van der Waals surface area contributed by atoms with Crippen molar-refractivity contribution < 1.29 is 19.4 Å². The van der Waals surface area contributed by atoms with E-state index in [-0.39, 0.29) is 24.1 Å². The highest BCUT2D eigenvalue weighted by Gasteiger charge is 2.33. The number of urea groups is 1. The van der Waals surface area contributed by atoms with E-state index in [0.717, 1.165) is 19.4 Å². The van der Waals surface area contributed by atoms with Crippen LogP contribution in [0, 0.1) is 0 Å². The van der Waals surface area contributed by atoms with Gasteiger partial charge in [-0.1, -0.05) is 0 Å². The Bertz CT molecular complexity index is 335. The predicted molar refractivity (Wildman–Crippen MR) is 71.1 cm³/mol. The highest BCUT2D eigenvalue weighted by Crippen LogP contribution is 2.23. The average molecular weight is 272 g/mol. The first kappa shape index (κ1) is 15.8. The topological polar surface area (TPSA) is 78.9 Å². The highest BCUT2D eigenvalue weighted by atomic mass is 16.5. The van der Waals surface area contributed by atoms with Crippen LogP contribution in [-0.4, -0.2) is 53.8 Å². The van der Waals surface area contributed by atoms with E-state index in [2.05, 4.69) is 5.32 Å². The van der Waals surface area contributed by atoms with Gasteiger partial charge in [0.2, 0.25) is 0 Å². The number of carboxylic acid groups (broad SMARTS) is 1. The number of piperidine rings is 1. The van der Waals surface area contributed by atoms with Crippen LogP contribution < -0.4 is 5.32 Å². The fourth-order valence-electron chi connectivity index (χ4n) is 2.26. The van der Waals surface area contributed by atoms with Crippen molar-refractivity contribution in [3.8, 4) is 0 Å². The molecule has 19 heavy (non-hydrogen) atoms. The third kappa shape index (κ3) is 5.06. The quantitative estimate of drug-likeness (QED) is 0.794. The van der Waals surface area contributed by atoms with Crippen molar-refractivity contribution >= 4 is 12.0 Å². The van der Waals surface area contributed by atoms with Gasteiger partial charge >= 0.3 is 12.0 Å². The normalized spacial score (nSPS) is 24.9. The van der Waals surface area contributed by atoms with Crippen molar-refractivity contribution in [2.75, 3.05) is 20.2 Å². The van der Waals surface area contributed by atoms with Crippen LogP contribution >= 0.6 is 0 Å². The third-order valence-electron chi connectivity index (χ3n) is 3.60. The van der Waals surface area contributed by atoms with Gasteiger partial charge in [0.1, 0.15) is 0 Å². The summed E-state index contributed by atoms with van der Waals surface area (Å²) < 4.78 is 5.44. The second kappa shape index (κ2) is 6.75. The van der Waals surface area contributed by atoms with E-state index in [4.69, 9.17) is 9.84 Å². The molecular formula is C13H24N2O4. The van der Waals surface area contributed by atoms with Crippen LogP contribution in [0.5, 0.6) is 0 Å². The molecule has 1 aliphatic rings. The van der Waals surface area contributed by atoms with Gasteiger partial charge in [-0.25, -0.2) is 4.79 Å². The monoisotopic (exact) mass is 272 g/mol. The average Bonchev–Trinajstić information content (AvgIpc) is 2.36. The molecule has 0 bridgehead atoms. The molecular weight excluding hydrogens is 248 g/mol. The molecule has 2 N–H and O–H groups in total. The second-order valence-corrected chi connectivity index (χ2v) is 5.46. The minimum atomic E-state index is -0.842.